The Morgan fingerprint density at radius 3 is 2.65 bits per heavy atom. The standard InChI is InChI=1S/C20H32N2O4/c1-14(2)25-18-9-7-6-8-15(18)10-21-11-16-12-22(13-17(16)23)19(24)26-20(3,4)5/h6-9,14,16-17,21,23H,10-13H2,1-5H3/t16-,17+/m1/s1. The van der Waals surface area contributed by atoms with Gasteiger partial charge < -0.3 is 24.8 Å². The maximum absolute atomic E-state index is 12.2. The summed E-state index contributed by atoms with van der Waals surface area (Å²) in [6.45, 7) is 11.6. The molecule has 1 aromatic carbocycles. The van der Waals surface area contributed by atoms with E-state index in [9.17, 15) is 9.90 Å². The number of nitrogens with one attached hydrogen (secondary N) is 1. The summed E-state index contributed by atoms with van der Waals surface area (Å²) in [4.78, 5) is 13.7. The SMILES string of the molecule is CC(C)Oc1ccccc1CNC[C@@H]1CN(C(=O)OC(C)(C)C)C[C@@H]1O. The molecule has 0 aliphatic carbocycles. The van der Waals surface area contributed by atoms with Crippen molar-refractivity contribution in [2.45, 2.75) is 59.0 Å². The maximum Gasteiger partial charge on any atom is 0.410 e. The molecule has 6 heteroatoms. The zero-order chi connectivity index (χ0) is 19.3. The number of hydrogen-bond donors (Lipinski definition) is 2. The predicted molar refractivity (Wildman–Crippen MR) is 101 cm³/mol. The van der Waals surface area contributed by atoms with Gasteiger partial charge in [0.05, 0.1) is 18.8 Å². The Morgan fingerprint density at radius 2 is 2.00 bits per heavy atom. The topological polar surface area (TPSA) is 71.0 Å². The highest BCUT2D eigenvalue weighted by Crippen LogP contribution is 2.21. The van der Waals surface area contributed by atoms with Crippen molar-refractivity contribution in [3.63, 3.8) is 0 Å². The average Bonchev–Trinajstić information content (AvgIpc) is 2.88. The molecule has 6 nitrogen and oxygen atoms in total. The van der Waals surface area contributed by atoms with Gasteiger partial charge >= 0.3 is 6.09 Å². The van der Waals surface area contributed by atoms with Crippen molar-refractivity contribution in [3.8, 4) is 5.75 Å². The monoisotopic (exact) mass is 364 g/mol. The molecule has 1 fully saturated rings. The molecule has 0 unspecified atom stereocenters. The molecule has 0 radical (unpaired) electrons. The number of hydrogen-bond acceptors (Lipinski definition) is 5. The van der Waals surface area contributed by atoms with E-state index in [4.69, 9.17) is 9.47 Å². The molecule has 0 spiro atoms. The van der Waals surface area contributed by atoms with Crippen molar-refractivity contribution in [1.29, 1.82) is 0 Å². The van der Waals surface area contributed by atoms with Gasteiger partial charge in [0.1, 0.15) is 11.4 Å². The van der Waals surface area contributed by atoms with E-state index < -0.39 is 11.7 Å². The molecule has 146 valence electrons. The van der Waals surface area contributed by atoms with Crippen LogP contribution in [0.15, 0.2) is 24.3 Å². The molecular formula is C20H32N2O4. The minimum atomic E-state index is -0.544. The second kappa shape index (κ2) is 8.73. The van der Waals surface area contributed by atoms with Crippen LogP contribution in [0.25, 0.3) is 0 Å². The van der Waals surface area contributed by atoms with E-state index in [1.165, 1.54) is 0 Å². The van der Waals surface area contributed by atoms with Gasteiger partial charge in [0.15, 0.2) is 0 Å². The Balaban J connectivity index is 1.84. The van der Waals surface area contributed by atoms with Crippen molar-refractivity contribution in [3.05, 3.63) is 29.8 Å². The molecule has 1 saturated heterocycles. The van der Waals surface area contributed by atoms with Crippen LogP contribution in [0.5, 0.6) is 5.75 Å². The zero-order valence-corrected chi connectivity index (χ0v) is 16.5. The van der Waals surface area contributed by atoms with Gasteiger partial charge in [0.2, 0.25) is 0 Å². The number of para-hydroxylation sites is 1. The lowest BCUT2D eigenvalue weighted by Gasteiger charge is -2.24. The van der Waals surface area contributed by atoms with E-state index in [-0.39, 0.29) is 18.1 Å². The first-order chi connectivity index (χ1) is 12.2. The molecular weight excluding hydrogens is 332 g/mol. The van der Waals surface area contributed by atoms with Crippen LogP contribution in [0.1, 0.15) is 40.2 Å². The molecule has 1 aromatic rings. The van der Waals surface area contributed by atoms with Crippen molar-refractivity contribution < 1.29 is 19.4 Å². The highest BCUT2D eigenvalue weighted by atomic mass is 16.6. The minimum absolute atomic E-state index is 0.0132. The van der Waals surface area contributed by atoms with Gasteiger partial charge in [-0.25, -0.2) is 4.79 Å². The number of carbonyl (C=O) groups excluding carboxylic acids is 1. The number of benzene rings is 1. The summed E-state index contributed by atoms with van der Waals surface area (Å²) in [6.07, 6.45) is -0.790. The van der Waals surface area contributed by atoms with Crippen molar-refractivity contribution >= 4 is 6.09 Å². The summed E-state index contributed by atoms with van der Waals surface area (Å²) >= 11 is 0. The first-order valence-electron chi connectivity index (χ1n) is 9.27. The van der Waals surface area contributed by atoms with Crippen LogP contribution in [0, 0.1) is 5.92 Å². The molecule has 0 bridgehead atoms. The maximum atomic E-state index is 12.2. The van der Waals surface area contributed by atoms with Crippen LogP contribution >= 0.6 is 0 Å². The van der Waals surface area contributed by atoms with E-state index in [0.717, 1.165) is 11.3 Å². The van der Waals surface area contributed by atoms with E-state index >= 15 is 0 Å². The number of likely N-dealkylation sites (tertiary alicyclic amines) is 1. The number of aliphatic hydroxyl groups is 1. The molecule has 1 aliphatic rings. The fourth-order valence-corrected chi connectivity index (χ4v) is 2.94. The third-order valence-electron chi connectivity index (χ3n) is 4.12. The van der Waals surface area contributed by atoms with Crippen LogP contribution < -0.4 is 10.1 Å². The first-order valence-corrected chi connectivity index (χ1v) is 9.27. The van der Waals surface area contributed by atoms with Crippen molar-refractivity contribution in [2.75, 3.05) is 19.6 Å². The largest absolute Gasteiger partial charge is 0.491 e. The Morgan fingerprint density at radius 1 is 1.31 bits per heavy atom. The smallest absolute Gasteiger partial charge is 0.410 e. The Kier molecular flexibility index (Phi) is 6.89. The fourth-order valence-electron chi connectivity index (χ4n) is 2.94. The highest BCUT2D eigenvalue weighted by Gasteiger charge is 2.35. The summed E-state index contributed by atoms with van der Waals surface area (Å²) in [5.41, 5.74) is 0.552. The van der Waals surface area contributed by atoms with Gasteiger partial charge in [-0.2, -0.15) is 0 Å². The summed E-state index contributed by atoms with van der Waals surface area (Å²) in [6, 6.07) is 7.94. The third kappa shape index (κ3) is 6.18. The minimum Gasteiger partial charge on any atom is -0.491 e. The molecule has 0 aromatic heterocycles. The van der Waals surface area contributed by atoms with Crippen LogP contribution in [-0.2, 0) is 11.3 Å². The quantitative estimate of drug-likeness (QED) is 0.812. The third-order valence-corrected chi connectivity index (χ3v) is 4.12. The number of β-amino-alcohol motifs (C(OH)–C–C–N with tert-alkyl or cyclic N) is 1. The normalized spacial score (nSPS) is 20.5. The molecule has 0 saturated carbocycles. The summed E-state index contributed by atoms with van der Waals surface area (Å²) < 4.78 is 11.2. The van der Waals surface area contributed by atoms with Gasteiger partial charge in [0.25, 0.3) is 0 Å². The number of ether oxygens (including phenoxy) is 2. The number of amides is 1. The molecule has 2 atom stereocenters. The zero-order valence-electron chi connectivity index (χ0n) is 16.5. The van der Waals surface area contributed by atoms with Crippen LogP contribution in [0.4, 0.5) is 4.79 Å². The summed E-state index contributed by atoms with van der Waals surface area (Å²) in [5, 5.41) is 13.6. The van der Waals surface area contributed by atoms with Crippen molar-refractivity contribution in [2.24, 2.45) is 5.92 Å². The molecule has 2 N–H and O–H groups in total. The first kappa shape index (κ1) is 20.5. The van der Waals surface area contributed by atoms with Crippen LogP contribution in [0.2, 0.25) is 0 Å². The Bertz CT molecular complexity index is 598. The second-order valence-electron chi connectivity index (χ2n) is 8.12. The van der Waals surface area contributed by atoms with Gasteiger partial charge in [-0.1, -0.05) is 18.2 Å². The number of aliphatic hydroxyl groups excluding tert-OH is 1. The van der Waals surface area contributed by atoms with E-state index in [1.807, 2.05) is 58.9 Å². The van der Waals surface area contributed by atoms with E-state index in [0.29, 0.717) is 26.2 Å². The van der Waals surface area contributed by atoms with Crippen LogP contribution in [0.3, 0.4) is 0 Å². The van der Waals surface area contributed by atoms with Gasteiger partial charge in [-0.15, -0.1) is 0 Å². The molecule has 1 aliphatic heterocycles. The Labute approximate surface area is 156 Å². The molecule has 1 amide bonds. The number of rotatable bonds is 6. The molecule has 1 heterocycles. The Hall–Kier alpha value is -1.79. The summed E-state index contributed by atoms with van der Waals surface area (Å²) in [5.74, 6) is 0.859. The van der Waals surface area contributed by atoms with Gasteiger partial charge in [-0.3, -0.25) is 0 Å². The molecule has 2 rings (SSSR count). The van der Waals surface area contributed by atoms with E-state index in [2.05, 4.69) is 5.32 Å². The van der Waals surface area contributed by atoms with Crippen molar-refractivity contribution in [1.82, 2.24) is 10.2 Å². The number of carbonyl (C=O) groups is 1. The highest BCUT2D eigenvalue weighted by molar-refractivity contribution is 5.68. The van der Waals surface area contributed by atoms with Crippen LogP contribution in [-0.4, -0.2) is 53.5 Å². The summed E-state index contributed by atoms with van der Waals surface area (Å²) in [7, 11) is 0. The molecule has 26 heavy (non-hydrogen) atoms. The van der Waals surface area contributed by atoms with Gasteiger partial charge in [-0.05, 0) is 40.7 Å². The lowest BCUT2D eigenvalue weighted by Crippen LogP contribution is -2.36. The predicted octanol–water partition coefficient (Wildman–Crippen LogP) is 2.79. The fraction of sp³-hybridized carbons (Fsp3) is 0.650. The lowest BCUT2D eigenvalue weighted by atomic mass is 10.1. The lowest BCUT2D eigenvalue weighted by molar-refractivity contribution is 0.0269. The van der Waals surface area contributed by atoms with Gasteiger partial charge in [0, 0.05) is 31.1 Å². The second-order valence-corrected chi connectivity index (χ2v) is 8.12. The number of nitrogens with zero attached hydrogens (tertiary/aromatic N) is 1. The average molecular weight is 364 g/mol. The van der Waals surface area contributed by atoms with E-state index in [1.54, 1.807) is 4.90 Å².